The highest BCUT2D eigenvalue weighted by atomic mass is 35.5. The molecule has 2 aromatic rings. The monoisotopic (exact) mass is 227 g/mol. The number of benzene rings is 1. The van der Waals surface area contributed by atoms with E-state index in [9.17, 15) is 0 Å². The van der Waals surface area contributed by atoms with Crippen LogP contribution in [0, 0.1) is 0 Å². The van der Waals surface area contributed by atoms with Crippen LogP contribution < -0.4 is 0 Å². The molecule has 0 unspecified atom stereocenters. The van der Waals surface area contributed by atoms with E-state index in [4.69, 9.17) is 23.2 Å². The van der Waals surface area contributed by atoms with E-state index in [-0.39, 0.29) is 0 Å². The number of rotatable bonds is 1. The molecule has 74 valence electrons. The fourth-order valence-corrected chi connectivity index (χ4v) is 2.04. The van der Waals surface area contributed by atoms with Crippen molar-refractivity contribution in [3.05, 3.63) is 33.9 Å². The van der Waals surface area contributed by atoms with Crippen molar-refractivity contribution in [1.29, 1.82) is 0 Å². The van der Waals surface area contributed by atoms with Crippen LogP contribution in [0.25, 0.3) is 10.9 Å². The van der Waals surface area contributed by atoms with Gasteiger partial charge in [0.2, 0.25) is 0 Å². The molecule has 0 aliphatic rings. The fraction of sp³-hybridized carbons (Fsp3) is 0.273. The Morgan fingerprint density at radius 2 is 1.86 bits per heavy atom. The van der Waals surface area contributed by atoms with Gasteiger partial charge in [0.1, 0.15) is 0 Å². The molecule has 1 nitrogen and oxygen atoms in total. The normalized spacial score (nSPS) is 11.5. The van der Waals surface area contributed by atoms with E-state index in [2.05, 4.69) is 24.9 Å². The van der Waals surface area contributed by atoms with Gasteiger partial charge in [-0.25, -0.2) is 0 Å². The average molecular weight is 228 g/mol. The van der Waals surface area contributed by atoms with Gasteiger partial charge in [0.05, 0.1) is 5.02 Å². The zero-order chi connectivity index (χ0) is 10.3. The van der Waals surface area contributed by atoms with Gasteiger partial charge in [0.25, 0.3) is 0 Å². The molecular weight excluding hydrogens is 217 g/mol. The Labute approximate surface area is 93.0 Å². The van der Waals surface area contributed by atoms with E-state index in [1.54, 1.807) is 6.07 Å². The molecule has 0 aliphatic carbocycles. The van der Waals surface area contributed by atoms with Gasteiger partial charge in [-0.2, -0.15) is 0 Å². The zero-order valence-electron chi connectivity index (χ0n) is 8.07. The summed E-state index contributed by atoms with van der Waals surface area (Å²) in [7, 11) is 0. The van der Waals surface area contributed by atoms with Crippen LogP contribution in [-0.4, -0.2) is 4.98 Å². The summed E-state index contributed by atoms with van der Waals surface area (Å²) in [4.78, 5) is 3.31. The lowest BCUT2D eigenvalue weighted by Gasteiger charge is -1.97. The Bertz CT molecular complexity index is 471. The molecule has 0 aliphatic heterocycles. The van der Waals surface area contributed by atoms with Crippen molar-refractivity contribution >= 4 is 34.1 Å². The number of fused-ring (bicyclic) bond motifs is 1. The standard InChI is InChI=1S/C11H11Cl2N/c1-6(2)10-5-8-9(13)3-7(12)4-11(8)14-10/h3-6,14H,1-2H3. The third-order valence-corrected chi connectivity index (χ3v) is 2.83. The molecule has 1 aromatic carbocycles. The van der Waals surface area contributed by atoms with Crippen LogP contribution in [-0.2, 0) is 0 Å². The van der Waals surface area contributed by atoms with Crippen LogP contribution in [0.4, 0.5) is 0 Å². The summed E-state index contributed by atoms with van der Waals surface area (Å²) in [6.07, 6.45) is 0. The second-order valence-corrected chi connectivity index (χ2v) is 4.57. The SMILES string of the molecule is CC(C)c1cc2c(Cl)cc(Cl)cc2[nH]1. The van der Waals surface area contributed by atoms with Crippen LogP contribution in [0.1, 0.15) is 25.5 Å². The van der Waals surface area contributed by atoms with Gasteiger partial charge in [-0.05, 0) is 24.1 Å². The van der Waals surface area contributed by atoms with E-state index in [0.717, 1.165) is 10.9 Å². The third-order valence-electron chi connectivity index (χ3n) is 2.30. The lowest BCUT2D eigenvalue weighted by atomic mass is 10.1. The molecule has 1 N–H and O–H groups in total. The summed E-state index contributed by atoms with van der Waals surface area (Å²) in [6, 6.07) is 5.75. The minimum atomic E-state index is 0.470. The first-order valence-electron chi connectivity index (χ1n) is 4.55. The number of aromatic nitrogens is 1. The van der Waals surface area contributed by atoms with Crippen molar-refractivity contribution in [2.45, 2.75) is 19.8 Å². The Hall–Kier alpha value is -0.660. The molecule has 0 saturated carbocycles. The maximum Gasteiger partial charge on any atom is 0.0514 e. The number of hydrogen-bond donors (Lipinski definition) is 1. The summed E-state index contributed by atoms with van der Waals surface area (Å²) < 4.78 is 0. The van der Waals surface area contributed by atoms with Crippen molar-refractivity contribution in [2.75, 3.05) is 0 Å². The first-order valence-corrected chi connectivity index (χ1v) is 5.31. The van der Waals surface area contributed by atoms with Gasteiger partial charge in [0, 0.05) is 21.6 Å². The molecular formula is C11H11Cl2N. The summed E-state index contributed by atoms with van der Waals surface area (Å²) in [6.45, 7) is 4.28. The second-order valence-electron chi connectivity index (χ2n) is 3.73. The largest absolute Gasteiger partial charge is 0.358 e. The average Bonchev–Trinajstić information content (AvgIpc) is 2.47. The Kier molecular flexibility index (Phi) is 2.46. The molecule has 1 heterocycles. The van der Waals surface area contributed by atoms with Crippen LogP contribution >= 0.6 is 23.2 Å². The quantitative estimate of drug-likeness (QED) is 0.734. The third kappa shape index (κ3) is 1.62. The Morgan fingerprint density at radius 3 is 2.50 bits per heavy atom. The van der Waals surface area contributed by atoms with Crippen LogP contribution in [0.2, 0.25) is 10.0 Å². The lowest BCUT2D eigenvalue weighted by Crippen LogP contribution is -1.84. The van der Waals surface area contributed by atoms with Crippen LogP contribution in [0.15, 0.2) is 18.2 Å². The molecule has 0 spiro atoms. The summed E-state index contributed by atoms with van der Waals surface area (Å²) in [5.74, 6) is 0.470. The number of aromatic amines is 1. The molecule has 0 radical (unpaired) electrons. The minimum Gasteiger partial charge on any atom is -0.358 e. The maximum atomic E-state index is 6.08. The highest BCUT2D eigenvalue weighted by Crippen LogP contribution is 2.30. The van der Waals surface area contributed by atoms with E-state index in [1.807, 2.05) is 6.07 Å². The van der Waals surface area contributed by atoms with E-state index < -0.39 is 0 Å². The fourth-order valence-electron chi connectivity index (χ4n) is 1.49. The molecule has 0 saturated heterocycles. The van der Waals surface area contributed by atoms with Gasteiger partial charge in [-0.15, -0.1) is 0 Å². The Balaban J connectivity index is 2.70. The van der Waals surface area contributed by atoms with Crippen molar-refractivity contribution in [3.8, 4) is 0 Å². The van der Waals surface area contributed by atoms with Crippen LogP contribution in [0.5, 0.6) is 0 Å². The molecule has 0 fully saturated rings. The number of halogens is 2. The highest BCUT2D eigenvalue weighted by Gasteiger charge is 2.07. The van der Waals surface area contributed by atoms with Gasteiger partial charge >= 0.3 is 0 Å². The Morgan fingerprint density at radius 1 is 1.14 bits per heavy atom. The zero-order valence-corrected chi connectivity index (χ0v) is 9.58. The van der Waals surface area contributed by atoms with Crippen molar-refractivity contribution < 1.29 is 0 Å². The van der Waals surface area contributed by atoms with E-state index in [1.165, 1.54) is 5.69 Å². The summed E-state index contributed by atoms with van der Waals surface area (Å²) in [5.41, 5.74) is 2.19. The number of hydrogen-bond acceptors (Lipinski definition) is 0. The smallest absolute Gasteiger partial charge is 0.0514 e. The van der Waals surface area contributed by atoms with Crippen molar-refractivity contribution in [3.63, 3.8) is 0 Å². The van der Waals surface area contributed by atoms with E-state index >= 15 is 0 Å². The second kappa shape index (κ2) is 3.48. The molecule has 0 amide bonds. The van der Waals surface area contributed by atoms with Gasteiger partial charge in [-0.3, -0.25) is 0 Å². The minimum absolute atomic E-state index is 0.470. The molecule has 14 heavy (non-hydrogen) atoms. The molecule has 3 heteroatoms. The summed E-state index contributed by atoms with van der Waals surface area (Å²) in [5, 5.41) is 2.41. The number of nitrogens with one attached hydrogen (secondary N) is 1. The maximum absolute atomic E-state index is 6.08. The topological polar surface area (TPSA) is 15.8 Å². The molecule has 1 aromatic heterocycles. The predicted octanol–water partition coefficient (Wildman–Crippen LogP) is 4.60. The molecule has 0 bridgehead atoms. The van der Waals surface area contributed by atoms with Crippen molar-refractivity contribution in [1.82, 2.24) is 4.98 Å². The van der Waals surface area contributed by atoms with Gasteiger partial charge in [0.15, 0.2) is 0 Å². The highest BCUT2D eigenvalue weighted by molar-refractivity contribution is 6.38. The predicted molar refractivity (Wildman–Crippen MR) is 62.4 cm³/mol. The van der Waals surface area contributed by atoms with E-state index in [0.29, 0.717) is 16.0 Å². The van der Waals surface area contributed by atoms with Gasteiger partial charge in [-0.1, -0.05) is 37.0 Å². The molecule has 2 rings (SSSR count). The first kappa shape index (κ1) is 9.88. The lowest BCUT2D eigenvalue weighted by molar-refractivity contribution is 0.836. The molecule has 0 atom stereocenters. The van der Waals surface area contributed by atoms with Crippen LogP contribution in [0.3, 0.4) is 0 Å². The van der Waals surface area contributed by atoms with Gasteiger partial charge < -0.3 is 4.98 Å². The number of H-pyrrole nitrogens is 1. The van der Waals surface area contributed by atoms with Crippen molar-refractivity contribution in [2.24, 2.45) is 0 Å². The summed E-state index contributed by atoms with van der Waals surface area (Å²) >= 11 is 12.0. The first-order chi connectivity index (χ1) is 6.58.